The first-order chi connectivity index (χ1) is 5.43. The summed E-state index contributed by atoms with van der Waals surface area (Å²) in [5.41, 5.74) is 0. The zero-order chi connectivity index (χ0) is 7.94. The molecule has 0 saturated carbocycles. The van der Waals surface area contributed by atoms with Crippen LogP contribution in [-0.2, 0) is 16.2 Å². The lowest BCUT2D eigenvalue weighted by Crippen LogP contribution is -2.05. The fraction of sp³-hybridized carbons (Fsp3) is 0.571. The van der Waals surface area contributed by atoms with Crippen LogP contribution in [0.25, 0.3) is 0 Å². The molecule has 0 aliphatic heterocycles. The van der Waals surface area contributed by atoms with Gasteiger partial charge in [-0.1, -0.05) is 0 Å². The van der Waals surface area contributed by atoms with Crippen molar-refractivity contribution in [1.29, 1.82) is 0 Å². The van der Waals surface area contributed by atoms with E-state index in [1.165, 1.54) is 0 Å². The highest BCUT2D eigenvalue weighted by Gasteiger charge is 1.88. The second-order valence-corrected chi connectivity index (χ2v) is 2.11. The summed E-state index contributed by atoms with van der Waals surface area (Å²) in [6, 6.07) is 0. The van der Waals surface area contributed by atoms with Crippen LogP contribution in [0.4, 0.5) is 0 Å². The Hall–Kier alpha value is -0.870. The molecule has 62 valence electrons. The maximum atomic E-state index is 5.22. The van der Waals surface area contributed by atoms with E-state index in [2.05, 4.69) is 4.98 Å². The van der Waals surface area contributed by atoms with Crippen LogP contribution in [0, 0.1) is 0 Å². The number of methoxy groups -OCH3 is 1. The van der Waals surface area contributed by atoms with Crippen LogP contribution in [-0.4, -0.2) is 29.9 Å². The zero-order valence-corrected chi connectivity index (χ0v) is 6.56. The van der Waals surface area contributed by atoms with Crippen LogP contribution in [0.2, 0.25) is 0 Å². The molecule has 0 aliphatic rings. The van der Waals surface area contributed by atoms with Crippen LogP contribution in [0.3, 0.4) is 0 Å². The molecule has 0 unspecified atom stereocenters. The van der Waals surface area contributed by atoms with Crippen molar-refractivity contribution in [3.8, 4) is 0 Å². The van der Waals surface area contributed by atoms with Crippen LogP contribution in [0.15, 0.2) is 18.7 Å². The molecule has 0 amide bonds. The molecule has 1 rings (SSSR count). The van der Waals surface area contributed by atoms with Gasteiger partial charge in [0.15, 0.2) is 0 Å². The molecule has 0 aliphatic carbocycles. The van der Waals surface area contributed by atoms with Gasteiger partial charge < -0.3 is 14.0 Å². The number of imidazole rings is 1. The van der Waals surface area contributed by atoms with Gasteiger partial charge in [0, 0.05) is 19.5 Å². The van der Waals surface area contributed by atoms with E-state index in [0.717, 1.165) is 0 Å². The van der Waals surface area contributed by atoms with Crippen molar-refractivity contribution in [3.63, 3.8) is 0 Å². The summed E-state index contributed by atoms with van der Waals surface area (Å²) >= 11 is 0. The van der Waals surface area contributed by atoms with Crippen molar-refractivity contribution in [2.75, 3.05) is 20.3 Å². The van der Waals surface area contributed by atoms with Gasteiger partial charge in [-0.2, -0.15) is 0 Å². The van der Waals surface area contributed by atoms with Crippen molar-refractivity contribution in [1.82, 2.24) is 9.55 Å². The van der Waals surface area contributed by atoms with Gasteiger partial charge in [0.1, 0.15) is 6.73 Å². The van der Waals surface area contributed by atoms with E-state index in [4.69, 9.17) is 9.47 Å². The predicted molar refractivity (Wildman–Crippen MR) is 40.1 cm³/mol. The molecule has 0 N–H and O–H groups in total. The van der Waals surface area contributed by atoms with Crippen molar-refractivity contribution in [2.45, 2.75) is 6.73 Å². The lowest BCUT2D eigenvalue weighted by molar-refractivity contribution is 0.0341. The molecular formula is C7H12N2O2. The van der Waals surface area contributed by atoms with E-state index in [1.807, 2.05) is 10.8 Å². The standard InChI is InChI=1S/C7H12N2O2/c1-10-4-5-11-7-9-3-2-8-6-9/h2-3,6H,4-5,7H2,1H3. The molecule has 1 aromatic rings. The molecule has 0 saturated heterocycles. The SMILES string of the molecule is COCCOCn1ccnc1. The lowest BCUT2D eigenvalue weighted by atomic mass is 10.8. The maximum Gasteiger partial charge on any atom is 0.123 e. The van der Waals surface area contributed by atoms with Gasteiger partial charge in [0.25, 0.3) is 0 Å². The van der Waals surface area contributed by atoms with E-state index in [9.17, 15) is 0 Å². The molecule has 0 radical (unpaired) electrons. The largest absolute Gasteiger partial charge is 0.382 e. The van der Waals surface area contributed by atoms with E-state index in [1.54, 1.807) is 19.6 Å². The Labute approximate surface area is 65.8 Å². The topological polar surface area (TPSA) is 36.3 Å². The first kappa shape index (κ1) is 8.23. The third-order valence-electron chi connectivity index (χ3n) is 1.23. The minimum absolute atomic E-state index is 0.545. The van der Waals surface area contributed by atoms with Gasteiger partial charge in [-0.15, -0.1) is 0 Å². The number of nitrogens with zero attached hydrogens (tertiary/aromatic N) is 2. The molecule has 0 aromatic carbocycles. The highest BCUT2D eigenvalue weighted by atomic mass is 16.5. The molecule has 4 heteroatoms. The summed E-state index contributed by atoms with van der Waals surface area (Å²) in [6.45, 7) is 1.80. The maximum absolute atomic E-state index is 5.22. The number of rotatable bonds is 5. The Kier molecular flexibility index (Phi) is 3.64. The minimum Gasteiger partial charge on any atom is -0.382 e. The third kappa shape index (κ3) is 3.15. The molecular weight excluding hydrogens is 144 g/mol. The molecule has 11 heavy (non-hydrogen) atoms. The van der Waals surface area contributed by atoms with Crippen LogP contribution in [0.5, 0.6) is 0 Å². The normalized spacial score (nSPS) is 10.3. The molecule has 1 heterocycles. The Balaban J connectivity index is 2.04. The Morgan fingerprint density at radius 2 is 2.36 bits per heavy atom. The van der Waals surface area contributed by atoms with Crippen LogP contribution in [0.1, 0.15) is 0 Å². The van der Waals surface area contributed by atoms with Gasteiger partial charge in [-0.05, 0) is 0 Å². The van der Waals surface area contributed by atoms with E-state index in [0.29, 0.717) is 19.9 Å². The number of aromatic nitrogens is 2. The van der Waals surface area contributed by atoms with Gasteiger partial charge in [0.2, 0.25) is 0 Å². The van der Waals surface area contributed by atoms with Crippen molar-refractivity contribution in [3.05, 3.63) is 18.7 Å². The predicted octanol–water partition coefficient (Wildman–Crippen LogP) is 0.504. The third-order valence-corrected chi connectivity index (χ3v) is 1.23. The van der Waals surface area contributed by atoms with Crippen molar-refractivity contribution >= 4 is 0 Å². The number of hydrogen-bond donors (Lipinski definition) is 0. The van der Waals surface area contributed by atoms with Crippen LogP contribution >= 0.6 is 0 Å². The van der Waals surface area contributed by atoms with Gasteiger partial charge in [-0.3, -0.25) is 0 Å². The fourth-order valence-electron chi connectivity index (χ4n) is 0.675. The van der Waals surface area contributed by atoms with Gasteiger partial charge >= 0.3 is 0 Å². The molecule has 0 bridgehead atoms. The molecule has 0 fully saturated rings. The van der Waals surface area contributed by atoms with E-state index in [-0.39, 0.29) is 0 Å². The highest BCUT2D eigenvalue weighted by molar-refractivity contribution is 4.71. The molecule has 0 spiro atoms. The quantitative estimate of drug-likeness (QED) is 0.582. The average Bonchev–Trinajstić information content (AvgIpc) is 2.50. The zero-order valence-electron chi connectivity index (χ0n) is 6.56. The van der Waals surface area contributed by atoms with Crippen molar-refractivity contribution < 1.29 is 9.47 Å². The second-order valence-electron chi connectivity index (χ2n) is 2.11. The summed E-state index contributed by atoms with van der Waals surface area (Å²) in [6.07, 6.45) is 5.29. The highest BCUT2D eigenvalue weighted by Crippen LogP contribution is 1.86. The number of hydrogen-bond acceptors (Lipinski definition) is 3. The minimum atomic E-state index is 0.545. The molecule has 4 nitrogen and oxygen atoms in total. The van der Waals surface area contributed by atoms with Gasteiger partial charge in [0.05, 0.1) is 19.5 Å². The van der Waals surface area contributed by atoms with Crippen molar-refractivity contribution in [2.24, 2.45) is 0 Å². The fourth-order valence-corrected chi connectivity index (χ4v) is 0.675. The summed E-state index contributed by atoms with van der Waals surface area (Å²) < 4.78 is 11.9. The first-order valence-corrected chi connectivity index (χ1v) is 3.46. The summed E-state index contributed by atoms with van der Waals surface area (Å²) in [5, 5.41) is 0. The smallest absolute Gasteiger partial charge is 0.123 e. The lowest BCUT2D eigenvalue weighted by Gasteiger charge is -2.02. The second kappa shape index (κ2) is 4.87. The van der Waals surface area contributed by atoms with E-state index < -0.39 is 0 Å². The monoisotopic (exact) mass is 156 g/mol. The molecule has 0 atom stereocenters. The average molecular weight is 156 g/mol. The summed E-state index contributed by atoms with van der Waals surface area (Å²) in [5.74, 6) is 0. The summed E-state index contributed by atoms with van der Waals surface area (Å²) in [4.78, 5) is 3.87. The summed E-state index contributed by atoms with van der Waals surface area (Å²) in [7, 11) is 1.65. The first-order valence-electron chi connectivity index (χ1n) is 3.46. The Bertz CT molecular complexity index is 175. The number of ether oxygens (including phenoxy) is 2. The Morgan fingerprint density at radius 3 is 3.00 bits per heavy atom. The Morgan fingerprint density at radius 1 is 1.45 bits per heavy atom. The van der Waals surface area contributed by atoms with Crippen LogP contribution < -0.4 is 0 Å². The van der Waals surface area contributed by atoms with E-state index >= 15 is 0 Å². The van der Waals surface area contributed by atoms with Gasteiger partial charge in [-0.25, -0.2) is 4.98 Å². The molecule has 1 aromatic heterocycles.